The molecule has 0 saturated heterocycles. The minimum Gasteiger partial charge on any atom is -0.464 e. The van der Waals surface area contributed by atoms with Crippen molar-refractivity contribution < 1.29 is 9.53 Å². The van der Waals surface area contributed by atoms with E-state index in [0.717, 1.165) is 11.3 Å². The van der Waals surface area contributed by atoms with Crippen LogP contribution in [-0.4, -0.2) is 18.1 Å². The molecule has 0 unspecified atom stereocenters. The molecule has 0 aliphatic rings. The van der Waals surface area contributed by atoms with Gasteiger partial charge >= 0.3 is 5.97 Å². The van der Waals surface area contributed by atoms with E-state index in [0.29, 0.717) is 4.34 Å². The summed E-state index contributed by atoms with van der Waals surface area (Å²) in [5.41, 5.74) is 2.61. The van der Waals surface area contributed by atoms with Gasteiger partial charge in [-0.2, -0.15) is 0 Å². The number of halogens is 1. The quantitative estimate of drug-likeness (QED) is 0.607. The zero-order valence-electron chi connectivity index (χ0n) is 5.05. The minimum atomic E-state index is -0.525. The molecule has 0 amide bonds. The summed E-state index contributed by atoms with van der Waals surface area (Å²) < 4.78 is 4.69. The van der Waals surface area contributed by atoms with Crippen LogP contribution in [0.1, 0.15) is 10.5 Å². The average molecular weight is 177 g/mol. The van der Waals surface area contributed by atoms with Crippen LogP contribution >= 0.6 is 22.9 Å². The molecule has 0 atom stereocenters. The number of nitrogens with zero attached hydrogens (tertiary/aromatic N) is 1. The van der Waals surface area contributed by atoms with E-state index in [2.05, 4.69) is 15.2 Å². The number of hydrogen-bond acceptors (Lipinski definition) is 4. The van der Waals surface area contributed by atoms with Crippen molar-refractivity contribution in [3.8, 4) is 0 Å². The Labute approximate surface area is 66.6 Å². The van der Waals surface area contributed by atoms with E-state index in [-0.39, 0.29) is 5.69 Å². The highest BCUT2D eigenvalue weighted by Crippen LogP contribution is 2.19. The van der Waals surface area contributed by atoms with Crippen molar-refractivity contribution in [3.63, 3.8) is 0 Å². The molecule has 1 rings (SSSR count). The zero-order chi connectivity index (χ0) is 7.56. The Morgan fingerprint density at radius 2 is 2.60 bits per heavy atom. The van der Waals surface area contributed by atoms with Gasteiger partial charge in [0, 0.05) is 0 Å². The second kappa shape index (κ2) is 2.98. The highest BCUT2D eigenvalue weighted by Gasteiger charge is 2.12. The summed E-state index contributed by atoms with van der Waals surface area (Å²) >= 11 is 6.61. The van der Waals surface area contributed by atoms with Gasteiger partial charge in [0.1, 0.15) is 4.34 Å². The summed E-state index contributed by atoms with van der Waals surface area (Å²) in [5, 5.41) is 0. The topological polar surface area (TPSA) is 39.2 Å². The number of rotatable bonds is 1. The molecule has 3 nitrogen and oxygen atoms in total. The van der Waals surface area contributed by atoms with E-state index in [1.165, 1.54) is 7.11 Å². The van der Waals surface area contributed by atoms with Gasteiger partial charge in [0.05, 0.1) is 7.11 Å². The predicted octanol–water partition coefficient (Wildman–Crippen LogP) is 1.38. The molecule has 53 valence electrons. The molecular formula is C5H3ClNO2S. The van der Waals surface area contributed by atoms with Crippen LogP contribution in [0.15, 0.2) is 0 Å². The van der Waals surface area contributed by atoms with Crippen molar-refractivity contribution in [1.82, 2.24) is 4.98 Å². The van der Waals surface area contributed by atoms with E-state index < -0.39 is 5.97 Å². The summed E-state index contributed by atoms with van der Waals surface area (Å²) in [5.74, 6) is -0.525. The third kappa shape index (κ3) is 1.27. The lowest BCUT2D eigenvalue weighted by Crippen LogP contribution is -2.01. The summed E-state index contributed by atoms with van der Waals surface area (Å²) in [7, 11) is 1.28. The molecule has 5 heteroatoms. The lowest BCUT2D eigenvalue weighted by atomic mass is 10.5. The molecule has 1 heterocycles. The van der Waals surface area contributed by atoms with Crippen LogP contribution in [0.4, 0.5) is 0 Å². The predicted molar refractivity (Wildman–Crippen MR) is 37.3 cm³/mol. The van der Waals surface area contributed by atoms with Crippen LogP contribution in [0.2, 0.25) is 4.34 Å². The molecule has 0 saturated carbocycles. The van der Waals surface area contributed by atoms with E-state index >= 15 is 0 Å². The fourth-order valence-electron chi connectivity index (χ4n) is 0.423. The number of aromatic nitrogens is 1. The molecule has 0 spiro atoms. The maximum atomic E-state index is 10.7. The molecule has 0 N–H and O–H groups in total. The standard InChI is InChI=1S/C5H3ClNO2S/c1-9-5(8)3-4(6)10-2-7-3/h1H3. The Hall–Kier alpha value is -0.610. The highest BCUT2D eigenvalue weighted by atomic mass is 35.5. The Morgan fingerprint density at radius 1 is 1.90 bits per heavy atom. The van der Waals surface area contributed by atoms with Gasteiger partial charge in [-0.15, -0.1) is 0 Å². The van der Waals surface area contributed by atoms with E-state index in [1.807, 2.05) is 0 Å². The molecule has 0 bridgehead atoms. The van der Waals surface area contributed by atoms with E-state index in [9.17, 15) is 4.79 Å². The molecule has 0 fully saturated rings. The minimum absolute atomic E-state index is 0.133. The van der Waals surface area contributed by atoms with Crippen LogP contribution in [-0.2, 0) is 4.74 Å². The van der Waals surface area contributed by atoms with Gasteiger partial charge in [-0.1, -0.05) is 22.9 Å². The van der Waals surface area contributed by atoms with Crippen molar-refractivity contribution in [2.75, 3.05) is 7.11 Å². The van der Waals surface area contributed by atoms with Gasteiger partial charge in [0.15, 0.2) is 11.2 Å². The summed E-state index contributed by atoms with van der Waals surface area (Å²) in [4.78, 5) is 14.3. The highest BCUT2D eigenvalue weighted by molar-refractivity contribution is 7.14. The maximum Gasteiger partial charge on any atom is 0.359 e. The number of carbonyl (C=O) groups is 1. The molecule has 1 aromatic rings. The molecule has 1 radical (unpaired) electrons. The van der Waals surface area contributed by atoms with Crippen LogP contribution < -0.4 is 0 Å². The maximum absolute atomic E-state index is 10.7. The Kier molecular flexibility index (Phi) is 2.24. The fourth-order valence-corrected chi connectivity index (χ4v) is 1.09. The van der Waals surface area contributed by atoms with Gasteiger partial charge in [-0.25, -0.2) is 9.78 Å². The third-order valence-corrected chi connectivity index (χ3v) is 1.82. The van der Waals surface area contributed by atoms with Crippen LogP contribution in [0, 0.1) is 5.51 Å². The smallest absolute Gasteiger partial charge is 0.359 e. The summed E-state index contributed by atoms with van der Waals surface area (Å²) in [6, 6.07) is 0. The van der Waals surface area contributed by atoms with Gasteiger partial charge in [0.2, 0.25) is 0 Å². The number of carbonyl (C=O) groups excluding carboxylic acids is 1. The van der Waals surface area contributed by atoms with E-state index in [4.69, 9.17) is 11.6 Å². The number of esters is 1. The Balaban J connectivity index is 2.93. The van der Waals surface area contributed by atoms with Crippen molar-refractivity contribution in [3.05, 3.63) is 15.5 Å². The Morgan fingerprint density at radius 3 is 3.00 bits per heavy atom. The monoisotopic (exact) mass is 176 g/mol. The van der Waals surface area contributed by atoms with Gasteiger partial charge in [-0.3, -0.25) is 0 Å². The Bertz CT molecular complexity index is 248. The van der Waals surface area contributed by atoms with Crippen LogP contribution in [0.3, 0.4) is 0 Å². The van der Waals surface area contributed by atoms with E-state index in [1.54, 1.807) is 0 Å². The second-order valence-corrected chi connectivity index (χ2v) is 2.82. The molecule has 1 aromatic heterocycles. The first kappa shape index (κ1) is 7.50. The lowest BCUT2D eigenvalue weighted by Gasteiger charge is -1.91. The third-order valence-electron chi connectivity index (χ3n) is 0.858. The van der Waals surface area contributed by atoms with Gasteiger partial charge < -0.3 is 4.74 Å². The molecule has 0 aliphatic heterocycles. The normalized spacial score (nSPS) is 9.40. The van der Waals surface area contributed by atoms with Crippen molar-refractivity contribution in [2.45, 2.75) is 0 Å². The van der Waals surface area contributed by atoms with Gasteiger partial charge in [0.25, 0.3) is 0 Å². The largest absolute Gasteiger partial charge is 0.464 e. The molecule has 0 aromatic carbocycles. The number of methoxy groups -OCH3 is 1. The second-order valence-electron chi connectivity index (χ2n) is 1.42. The first-order valence-electron chi connectivity index (χ1n) is 2.36. The molecule has 0 aliphatic carbocycles. The van der Waals surface area contributed by atoms with Crippen LogP contribution in [0.5, 0.6) is 0 Å². The molecule has 10 heavy (non-hydrogen) atoms. The first-order chi connectivity index (χ1) is 4.75. The van der Waals surface area contributed by atoms with Crippen molar-refractivity contribution in [1.29, 1.82) is 0 Å². The number of thiazole rings is 1. The summed E-state index contributed by atoms with van der Waals surface area (Å²) in [6.45, 7) is 0. The van der Waals surface area contributed by atoms with Crippen molar-refractivity contribution >= 4 is 28.9 Å². The number of ether oxygens (including phenoxy) is 1. The average Bonchev–Trinajstić information content (AvgIpc) is 2.34. The fraction of sp³-hybridized carbons (Fsp3) is 0.200. The lowest BCUT2D eigenvalue weighted by molar-refractivity contribution is 0.0595. The first-order valence-corrected chi connectivity index (χ1v) is 3.56. The SMILES string of the molecule is COC(=O)c1n[c]sc1Cl. The molecular weight excluding hydrogens is 174 g/mol. The van der Waals surface area contributed by atoms with Crippen LogP contribution in [0.25, 0.3) is 0 Å². The van der Waals surface area contributed by atoms with Gasteiger partial charge in [-0.05, 0) is 0 Å². The zero-order valence-corrected chi connectivity index (χ0v) is 6.62. The van der Waals surface area contributed by atoms with Crippen molar-refractivity contribution in [2.24, 2.45) is 0 Å². The number of hydrogen-bond donors (Lipinski definition) is 0. The summed E-state index contributed by atoms with van der Waals surface area (Å²) in [6.07, 6.45) is 0.